The Balaban J connectivity index is 1.81. The smallest absolute Gasteiger partial charge is 0.0631 e. The molecule has 142 valence electrons. The van der Waals surface area contributed by atoms with Crippen LogP contribution in [0.15, 0.2) is 65.8 Å². The fourth-order valence-electron chi connectivity index (χ4n) is 3.41. The summed E-state index contributed by atoms with van der Waals surface area (Å²) in [6.45, 7) is 13.6. The molecule has 0 saturated heterocycles. The summed E-state index contributed by atoms with van der Waals surface area (Å²) in [6, 6.07) is 19.7. The molecule has 0 radical (unpaired) electrons. The highest BCUT2D eigenvalue weighted by atomic mass is 15.5. The summed E-state index contributed by atoms with van der Waals surface area (Å²) in [6.07, 6.45) is 5.32. The summed E-state index contributed by atoms with van der Waals surface area (Å²) < 4.78 is 0. The zero-order valence-electron chi connectivity index (χ0n) is 17.5. The topological polar surface area (TPSA) is 15.6 Å². The van der Waals surface area contributed by atoms with Crippen molar-refractivity contribution in [1.29, 1.82) is 0 Å². The fraction of sp³-hybridized carbons (Fsp3) is 0.400. The molecule has 2 aromatic carbocycles. The van der Waals surface area contributed by atoms with Crippen molar-refractivity contribution in [2.24, 2.45) is 10.5 Å². The van der Waals surface area contributed by atoms with Crippen molar-refractivity contribution in [2.45, 2.75) is 59.4 Å². The third-order valence-corrected chi connectivity index (χ3v) is 5.20. The first-order valence-electron chi connectivity index (χ1n) is 9.85. The summed E-state index contributed by atoms with van der Waals surface area (Å²) in [5.41, 5.74) is 5.23. The molecule has 1 aliphatic rings. The van der Waals surface area contributed by atoms with Gasteiger partial charge < -0.3 is 0 Å². The second-order valence-electron chi connectivity index (χ2n) is 9.56. The van der Waals surface area contributed by atoms with Crippen molar-refractivity contribution < 1.29 is 0 Å². The van der Waals surface area contributed by atoms with Crippen molar-refractivity contribution in [3.8, 4) is 0 Å². The summed E-state index contributed by atoms with van der Waals surface area (Å²) in [5.74, 6) is 0. The molecule has 2 nitrogen and oxygen atoms in total. The molecule has 0 fully saturated rings. The van der Waals surface area contributed by atoms with Gasteiger partial charge in [0.05, 0.1) is 17.4 Å². The first-order chi connectivity index (χ1) is 12.6. The lowest BCUT2D eigenvalue weighted by Gasteiger charge is -2.34. The van der Waals surface area contributed by atoms with E-state index in [1.807, 2.05) is 0 Å². The van der Waals surface area contributed by atoms with Gasteiger partial charge in [0.25, 0.3) is 0 Å². The van der Waals surface area contributed by atoms with Crippen LogP contribution in [0.4, 0.5) is 5.69 Å². The van der Waals surface area contributed by atoms with E-state index < -0.39 is 0 Å². The van der Waals surface area contributed by atoms with E-state index in [2.05, 4.69) is 113 Å². The lowest BCUT2D eigenvalue weighted by molar-refractivity contribution is 0.321. The minimum atomic E-state index is 0.156. The molecule has 3 rings (SSSR count). The predicted molar refractivity (Wildman–Crippen MR) is 118 cm³/mol. The van der Waals surface area contributed by atoms with E-state index in [9.17, 15) is 0 Å². The normalized spacial score (nSPS) is 18.2. The van der Waals surface area contributed by atoms with Crippen molar-refractivity contribution in [3.05, 3.63) is 71.8 Å². The molecule has 0 N–H and O–H groups in total. The maximum atomic E-state index is 4.94. The second kappa shape index (κ2) is 7.34. The third-order valence-electron chi connectivity index (χ3n) is 5.20. The van der Waals surface area contributed by atoms with Crippen LogP contribution in [-0.2, 0) is 5.41 Å². The van der Waals surface area contributed by atoms with E-state index in [4.69, 9.17) is 5.10 Å². The lowest BCUT2D eigenvalue weighted by Crippen LogP contribution is -2.38. The fourth-order valence-corrected chi connectivity index (χ4v) is 3.41. The highest BCUT2D eigenvalue weighted by Gasteiger charge is 2.35. The van der Waals surface area contributed by atoms with Crippen LogP contribution in [0, 0.1) is 5.41 Å². The highest BCUT2D eigenvalue weighted by Crippen LogP contribution is 2.35. The number of para-hydroxylation sites is 1. The molecule has 1 aliphatic heterocycles. The van der Waals surface area contributed by atoms with Crippen LogP contribution >= 0.6 is 0 Å². The van der Waals surface area contributed by atoms with Crippen LogP contribution in [0.25, 0.3) is 6.08 Å². The van der Waals surface area contributed by atoms with E-state index in [-0.39, 0.29) is 10.8 Å². The molecule has 1 atom stereocenters. The van der Waals surface area contributed by atoms with Crippen molar-refractivity contribution >= 4 is 17.5 Å². The average molecular weight is 361 g/mol. The molecule has 0 amide bonds. The Labute approximate surface area is 164 Å². The zero-order chi connectivity index (χ0) is 19.7. The van der Waals surface area contributed by atoms with Crippen LogP contribution in [0.3, 0.4) is 0 Å². The number of benzene rings is 2. The molecule has 1 heterocycles. The Morgan fingerprint density at radius 2 is 1.48 bits per heavy atom. The highest BCUT2D eigenvalue weighted by molar-refractivity contribution is 6.01. The molecule has 0 saturated carbocycles. The van der Waals surface area contributed by atoms with Gasteiger partial charge in [-0.05, 0) is 40.2 Å². The number of rotatable bonds is 3. The van der Waals surface area contributed by atoms with Crippen LogP contribution in [-0.4, -0.2) is 11.8 Å². The molecular weight excluding hydrogens is 328 g/mol. The van der Waals surface area contributed by atoms with Gasteiger partial charge in [0, 0.05) is 6.42 Å². The molecule has 27 heavy (non-hydrogen) atoms. The van der Waals surface area contributed by atoms with Gasteiger partial charge in [-0.1, -0.05) is 90.1 Å². The predicted octanol–water partition coefficient (Wildman–Crippen LogP) is 6.68. The average Bonchev–Trinajstić information content (AvgIpc) is 3.05. The van der Waals surface area contributed by atoms with Crippen molar-refractivity contribution in [1.82, 2.24) is 0 Å². The Morgan fingerprint density at radius 1 is 0.852 bits per heavy atom. The Morgan fingerprint density at radius 3 is 2.04 bits per heavy atom. The largest absolute Gasteiger partial charge is 0.261 e. The number of anilines is 1. The molecular formula is C25H32N2. The maximum absolute atomic E-state index is 4.94. The van der Waals surface area contributed by atoms with E-state index in [1.54, 1.807) is 0 Å². The van der Waals surface area contributed by atoms with Gasteiger partial charge >= 0.3 is 0 Å². The van der Waals surface area contributed by atoms with Crippen LogP contribution < -0.4 is 5.01 Å². The quantitative estimate of drug-likeness (QED) is 0.596. The molecule has 2 heteroatoms. The summed E-state index contributed by atoms with van der Waals surface area (Å²) >= 11 is 0. The molecule has 0 bridgehead atoms. The standard InChI is InChI=1S/C25H32N2/c1-24(2,3)20-15-12-19(13-16-20)14-17-21-18-23(25(4,5)6)27(26-21)22-10-8-7-9-11-22/h7-17,23H,18H2,1-6H3/b17-14+. The number of hydrogen-bond donors (Lipinski definition) is 0. The van der Waals surface area contributed by atoms with Gasteiger partial charge in [0.2, 0.25) is 0 Å². The van der Waals surface area contributed by atoms with Crippen molar-refractivity contribution in [2.75, 3.05) is 5.01 Å². The van der Waals surface area contributed by atoms with Gasteiger partial charge in [-0.25, -0.2) is 0 Å². The molecule has 0 aromatic heterocycles. The van der Waals surface area contributed by atoms with Gasteiger partial charge in [0.15, 0.2) is 0 Å². The molecule has 2 aromatic rings. The monoisotopic (exact) mass is 360 g/mol. The minimum Gasteiger partial charge on any atom is -0.261 e. The van der Waals surface area contributed by atoms with Crippen LogP contribution in [0.2, 0.25) is 0 Å². The van der Waals surface area contributed by atoms with Gasteiger partial charge in [-0.2, -0.15) is 5.10 Å². The first-order valence-corrected chi connectivity index (χ1v) is 9.85. The lowest BCUT2D eigenvalue weighted by atomic mass is 9.83. The van der Waals surface area contributed by atoms with E-state index in [0.717, 1.165) is 17.8 Å². The number of nitrogens with zero attached hydrogens (tertiary/aromatic N) is 2. The number of allylic oxidation sites excluding steroid dienone is 1. The summed E-state index contributed by atoms with van der Waals surface area (Å²) in [7, 11) is 0. The van der Waals surface area contributed by atoms with E-state index in [1.165, 1.54) is 11.1 Å². The minimum absolute atomic E-state index is 0.156. The SMILES string of the molecule is CC(C)(C)c1ccc(/C=C/C2=NN(c3ccccc3)C(C(C)(C)C)C2)cc1. The van der Waals surface area contributed by atoms with E-state index in [0.29, 0.717) is 6.04 Å². The Hall–Kier alpha value is -2.35. The van der Waals surface area contributed by atoms with Crippen molar-refractivity contribution in [3.63, 3.8) is 0 Å². The zero-order valence-corrected chi connectivity index (χ0v) is 17.5. The molecule has 1 unspecified atom stereocenters. The Kier molecular flexibility index (Phi) is 5.28. The third kappa shape index (κ3) is 4.68. The van der Waals surface area contributed by atoms with Gasteiger partial charge in [-0.3, -0.25) is 5.01 Å². The van der Waals surface area contributed by atoms with E-state index >= 15 is 0 Å². The van der Waals surface area contributed by atoms with Gasteiger partial charge in [-0.15, -0.1) is 0 Å². The molecule has 0 spiro atoms. The Bertz CT molecular complexity index is 815. The first kappa shape index (κ1) is 19.4. The molecule has 0 aliphatic carbocycles. The maximum Gasteiger partial charge on any atom is 0.0631 e. The summed E-state index contributed by atoms with van der Waals surface area (Å²) in [5, 5.41) is 7.14. The second-order valence-corrected chi connectivity index (χ2v) is 9.56. The van der Waals surface area contributed by atoms with Gasteiger partial charge in [0.1, 0.15) is 0 Å². The van der Waals surface area contributed by atoms with Crippen LogP contribution in [0.5, 0.6) is 0 Å². The van der Waals surface area contributed by atoms with Crippen LogP contribution in [0.1, 0.15) is 59.1 Å². The number of hydrazone groups is 1. The summed E-state index contributed by atoms with van der Waals surface area (Å²) in [4.78, 5) is 0. The number of hydrogen-bond acceptors (Lipinski definition) is 2.